The molecule has 0 radical (unpaired) electrons. The van der Waals surface area contributed by atoms with Gasteiger partial charge in [-0.1, -0.05) is 23.9 Å². The number of carbonyl (C=O) groups excluding carboxylic acids is 1. The Morgan fingerprint density at radius 1 is 1.12 bits per heavy atom. The lowest BCUT2D eigenvalue weighted by molar-refractivity contribution is -0.116. The number of hydrogen-bond acceptors (Lipinski definition) is 6. The number of para-hydroxylation sites is 1. The molecule has 1 saturated heterocycles. The molecule has 0 atom stereocenters. The molecule has 1 fully saturated rings. The number of ether oxygens (including phenoxy) is 2. The van der Waals surface area contributed by atoms with Gasteiger partial charge >= 0.3 is 0 Å². The number of methoxy groups -OCH3 is 2. The van der Waals surface area contributed by atoms with E-state index in [1.165, 1.54) is 4.90 Å². The first-order chi connectivity index (χ1) is 12.6. The second-order valence-electron chi connectivity index (χ2n) is 5.82. The van der Waals surface area contributed by atoms with Crippen molar-refractivity contribution in [1.82, 2.24) is 0 Å². The zero-order valence-electron chi connectivity index (χ0n) is 14.3. The number of carbonyl (C=O) groups is 1. The molecule has 2 heterocycles. The van der Waals surface area contributed by atoms with Gasteiger partial charge in [-0.25, -0.2) is 0 Å². The SMILES string of the molecule is COc1ccc(N2C(=N)/C(=C3/Nc4ccccc4S3)CC2=O)cc1OC. The molecular formula is C19H17N3O3S. The van der Waals surface area contributed by atoms with Crippen molar-refractivity contribution in [3.63, 3.8) is 0 Å². The second kappa shape index (κ2) is 6.42. The van der Waals surface area contributed by atoms with Crippen LogP contribution in [0.2, 0.25) is 0 Å². The predicted molar refractivity (Wildman–Crippen MR) is 102 cm³/mol. The first-order valence-corrected chi connectivity index (χ1v) is 8.85. The van der Waals surface area contributed by atoms with Gasteiger partial charge in [0, 0.05) is 16.5 Å². The number of amidine groups is 1. The number of benzene rings is 2. The Bertz CT molecular complexity index is 928. The molecule has 1 amide bonds. The molecule has 2 N–H and O–H groups in total. The van der Waals surface area contributed by atoms with Crippen molar-refractivity contribution >= 4 is 34.9 Å². The van der Waals surface area contributed by atoms with E-state index in [9.17, 15) is 4.79 Å². The molecule has 132 valence electrons. The van der Waals surface area contributed by atoms with E-state index in [0.29, 0.717) is 22.8 Å². The Hall–Kier alpha value is -2.93. The molecule has 0 aromatic heterocycles. The Morgan fingerprint density at radius 3 is 2.62 bits per heavy atom. The molecule has 2 aromatic carbocycles. The number of rotatable bonds is 3. The molecule has 0 bridgehead atoms. The number of nitrogens with one attached hydrogen (secondary N) is 2. The molecule has 2 aliphatic rings. The Balaban J connectivity index is 1.68. The third kappa shape index (κ3) is 2.61. The van der Waals surface area contributed by atoms with E-state index in [-0.39, 0.29) is 18.2 Å². The highest BCUT2D eigenvalue weighted by atomic mass is 32.2. The highest BCUT2D eigenvalue weighted by Gasteiger charge is 2.36. The fourth-order valence-electron chi connectivity index (χ4n) is 3.05. The van der Waals surface area contributed by atoms with Gasteiger partial charge in [-0.05, 0) is 24.3 Å². The van der Waals surface area contributed by atoms with Crippen molar-refractivity contribution in [3.05, 3.63) is 53.1 Å². The third-order valence-electron chi connectivity index (χ3n) is 4.33. The minimum Gasteiger partial charge on any atom is -0.493 e. The Morgan fingerprint density at radius 2 is 1.88 bits per heavy atom. The van der Waals surface area contributed by atoms with Crippen molar-refractivity contribution in [1.29, 1.82) is 5.41 Å². The van der Waals surface area contributed by atoms with E-state index in [1.54, 1.807) is 44.2 Å². The number of hydrogen-bond donors (Lipinski definition) is 2. The molecule has 0 spiro atoms. The second-order valence-corrected chi connectivity index (χ2v) is 6.88. The van der Waals surface area contributed by atoms with Crippen molar-refractivity contribution in [2.75, 3.05) is 24.4 Å². The molecule has 2 aromatic rings. The number of fused-ring (bicyclic) bond motifs is 1. The van der Waals surface area contributed by atoms with Crippen molar-refractivity contribution in [3.8, 4) is 11.5 Å². The fraction of sp³-hybridized carbons (Fsp3) is 0.158. The standard InChI is InChI=1S/C19H17N3O3S/c1-24-14-8-7-11(9-15(14)25-2)22-17(23)10-12(18(22)20)19-21-13-5-3-4-6-16(13)26-19/h3-9,20-21H,10H2,1-2H3/b19-12-,20-18?. The van der Waals surface area contributed by atoms with Crippen LogP contribution in [0.5, 0.6) is 11.5 Å². The van der Waals surface area contributed by atoms with E-state index in [1.807, 2.05) is 24.3 Å². The molecular weight excluding hydrogens is 350 g/mol. The monoisotopic (exact) mass is 367 g/mol. The van der Waals surface area contributed by atoms with Crippen LogP contribution in [-0.2, 0) is 4.79 Å². The minimum atomic E-state index is -0.136. The average Bonchev–Trinajstić information content (AvgIpc) is 3.21. The summed E-state index contributed by atoms with van der Waals surface area (Å²) >= 11 is 1.55. The molecule has 0 unspecified atom stereocenters. The largest absolute Gasteiger partial charge is 0.493 e. The van der Waals surface area contributed by atoms with E-state index in [0.717, 1.165) is 15.6 Å². The van der Waals surface area contributed by atoms with Crippen LogP contribution in [0.1, 0.15) is 6.42 Å². The number of nitrogens with zero attached hydrogens (tertiary/aromatic N) is 1. The minimum absolute atomic E-state index is 0.136. The van der Waals surface area contributed by atoms with Crippen molar-refractivity contribution in [2.24, 2.45) is 0 Å². The van der Waals surface area contributed by atoms with Crippen LogP contribution in [0.25, 0.3) is 0 Å². The van der Waals surface area contributed by atoms with Crippen molar-refractivity contribution < 1.29 is 14.3 Å². The maximum absolute atomic E-state index is 12.6. The summed E-state index contributed by atoms with van der Waals surface area (Å²) in [5.41, 5.74) is 2.30. The summed E-state index contributed by atoms with van der Waals surface area (Å²) < 4.78 is 10.6. The average molecular weight is 367 g/mol. The van der Waals surface area contributed by atoms with Crippen LogP contribution >= 0.6 is 11.8 Å². The van der Waals surface area contributed by atoms with Gasteiger partial charge in [0.2, 0.25) is 5.91 Å². The van der Waals surface area contributed by atoms with Gasteiger partial charge < -0.3 is 14.8 Å². The topological polar surface area (TPSA) is 74.7 Å². The zero-order valence-corrected chi connectivity index (χ0v) is 15.1. The van der Waals surface area contributed by atoms with Crippen LogP contribution in [0.4, 0.5) is 11.4 Å². The number of anilines is 2. The van der Waals surface area contributed by atoms with Gasteiger partial charge in [-0.15, -0.1) is 0 Å². The lowest BCUT2D eigenvalue weighted by atomic mass is 10.2. The summed E-state index contributed by atoms with van der Waals surface area (Å²) in [5.74, 6) is 1.15. The van der Waals surface area contributed by atoms with Gasteiger partial charge in [0.15, 0.2) is 11.5 Å². The predicted octanol–water partition coefficient (Wildman–Crippen LogP) is 3.85. The summed E-state index contributed by atoms with van der Waals surface area (Å²) in [6.07, 6.45) is 0.191. The summed E-state index contributed by atoms with van der Waals surface area (Å²) in [6, 6.07) is 13.1. The Kier molecular flexibility index (Phi) is 4.08. The fourth-order valence-corrected chi connectivity index (χ4v) is 4.10. The molecule has 26 heavy (non-hydrogen) atoms. The summed E-state index contributed by atoms with van der Waals surface area (Å²) in [4.78, 5) is 15.1. The summed E-state index contributed by atoms with van der Waals surface area (Å²) in [5, 5.41) is 12.7. The summed E-state index contributed by atoms with van der Waals surface area (Å²) in [7, 11) is 3.10. The van der Waals surface area contributed by atoms with E-state index >= 15 is 0 Å². The zero-order chi connectivity index (χ0) is 18.3. The molecule has 4 rings (SSSR count). The maximum Gasteiger partial charge on any atom is 0.237 e. The normalized spacial score (nSPS) is 18.8. The van der Waals surface area contributed by atoms with Gasteiger partial charge in [0.25, 0.3) is 0 Å². The van der Waals surface area contributed by atoms with Crippen LogP contribution in [0, 0.1) is 5.41 Å². The van der Waals surface area contributed by atoms with Gasteiger partial charge in [0.05, 0.1) is 37.0 Å². The van der Waals surface area contributed by atoms with E-state index in [2.05, 4.69) is 5.32 Å². The van der Waals surface area contributed by atoms with Gasteiger partial charge in [-0.3, -0.25) is 15.1 Å². The molecule has 0 saturated carbocycles. The molecule has 2 aliphatic heterocycles. The molecule has 6 nitrogen and oxygen atoms in total. The lowest BCUT2D eigenvalue weighted by Gasteiger charge is -2.18. The highest BCUT2D eigenvalue weighted by Crippen LogP contribution is 2.44. The first-order valence-electron chi connectivity index (χ1n) is 8.03. The quantitative estimate of drug-likeness (QED) is 0.862. The van der Waals surface area contributed by atoms with Crippen molar-refractivity contribution in [2.45, 2.75) is 11.3 Å². The lowest BCUT2D eigenvalue weighted by Crippen LogP contribution is -2.28. The van der Waals surface area contributed by atoms with Gasteiger partial charge in [-0.2, -0.15) is 0 Å². The molecule has 7 heteroatoms. The maximum atomic E-state index is 12.6. The summed E-state index contributed by atoms with van der Waals surface area (Å²) in [6.45, 7) is 0. The number of amides is 1. The van der Waals surface area contributed by atoms with E-state index < -0.39 is 0 Å². The third-order valence-corrected chi connectivity index (χ3v) is 5.46. The van der Waals surface area contributed by atoms with E-state index in [4.69, 9.17) is 14.9 Å². The van der Waals surface area contributed by atoms with Crippen LogP contribution in [0.15, 0.2) is 58.0 Å². The highest BCUT2D eigenvalue weighted by molar-refractivity contribution is 8.03. The van der Waals surface area contributed by atoms with Gasteiger partial charge in [0.1, 0.15) is 5.84 Å². The Labute approximate surface area is 155 Å². The first kappa shape index (κ1) is 16.5. The van der Waals surface area contributed by atoms with Crippen LogP contribution < -0.4 is 19.7 Å². The number of thioether (sulfide) groups is 1. The van der Waals surface area contributed by atoms with Crippen LogP contribution in [-0.4, -0.2) is 26.0 Å². The smallest absolute Gasteiger partial charge is 0.237 e. The molecule has 0 aliphatic carbocycles. The van der Waals surface area contributed by atoms with Crippen LogP contribution in [0.3, 0.4) is 0 Å².